The van der Waals surface area contributed by atoms with Crippen LogP contribution in [-0.2, 0) is 4.79 Å². The molecule has 0 aliphatic carbocycles. The Morgan fingerprint density at radius 2 is 1.62 bits per heavy atom. The third-order valence-corrected chi connectivity index (χ3v) is 4.02. The van der Waals surface area contributed by atoms with E-state index < -0.39 is 11.9 Å². The van der Waals surface area contributed by atoms with Gasteiger partial charge < -0.3 is 9.69 Å². The first-order valence-electron chi connectivity index (χ1n) is 7.44. The zero-order valence-corrected chi connectivity index (χ0v) is 13.3. The van der Waals surface area contributed by atoms with E-state index in [0.29, 0.717) is 12.0 Å². The Hall–Kier alpha value is -3.09. The Morgan fingerprint density at radius 1 is 1.04 bits per heavy atom. The SMILES string of the molecule is Cc1ccc(N2C(=O)c3cnncc3C(=O)N(C)CC2C=O)cc1. The van der Waals surface area contributed by atoms with Gasteiger partial charge in [-0.2, -0.15) is 10.2 Å². The highest BCUT2D eigenvalue weighted by atomic mass is 16.2. The second-order valence-electron chi connectivity index (χ2n) is 5.72. The summed E-state index contributed by atoms with van der Waals surface area (Å²) in [6.45, 7) is 2.04. The van der Waals surface area contributed by atoms with Gasteiger partial charge in [0.1, 0.15) is 12.3 Å². The molecule has 0 spiro atoms. The second kappa shape index (κ2) is 6.19. The fourth-order valence-electron chi connectivity index (χ4n) is 2.71. The van der Waals surface area contributed by atoms with E-state index in [2.05, 4.69) is 10.2 Å². The number of nitrogens with zero attached hydrogens (tertiary/aromatic N) is 4. The van der Waals surface area contributed by atoms with Crippen molar-refractivity contribution in [2.24, 2.45) is 0 Å². The summed E-state index contributed by atoms with van der Waals surface area (Å²) in [6.07, 6.45) is 3.22. The molecule has 7 heteroatoms. The fourth-order valence-corrected chi connectivity index (χ4v) is 2.71. The predicted octanol–water partition coefficient (Wildman–Crippen LogP) is 1.08. The summed E-state index contributed by atoms with van der Waals surface area (Å²) in [5, 5.41) is 7.42. The van der Waals surface area contributed by atoms with E-state index in [1.807, 2.05) is 19.1 Å². The van der Waals surface area contributed by atoms with Crippen molar-refractivity contribution in [3.05, 3.63) is 53.3 Å². The zero-order chi connectivity index (χ0) is 17.3. The van der Waals surface area contributed by atoms with Crippen molar-refractivity contribution in [3.8, 4) is 0 Å². The highest BCUT2D eigenvalue weighted by Gasteiger charge is 2.34. The number of carbonyl (C=O) groups excluding carboxylic acids is 3. The summed E-state index contributed by atoms with van der Waals surface area (Å²) in [5.74, 6) is -0.800. The van der Waals surface area contributed by atoms with E-state index >= 15 is 0 Å². The molecule has 2 heterocycles. The largest absolute Gasteiger partial charge is 0.339 e. The summed E-state index contributed by atoms with van der Waals surface area (Å²) < 4.78 is 0. The van der Waals surface area contributed by atoms with Crippen molar-refractivity contribution in [3.63, 3.8) is 0 Å². The van der Waals surface area contributed by atoms with E-state index in [1.54, 1.807) is 19.2 Å². The van der Waals surface area contributed by atoms with Gasteiger partial charge in [-0.3, -0.25) is 14.5 Å². The number of aromatic nitrogens is 2. The number of anilines is 1. The van der Waals surface area contributed by atoms with Gasteiger partial charge in [0.15, 0.2) is 0 Å². The Morgan fingerprint density at radius 3 is 2.21 bits per heavy atom. The van der Waals surface area contributed by atoms with Crippen LogP contribution in [0.1, 0.15) is 26.3 Å². The minimum absolute atomic E-state index is 0.101. The molecule has 1 aromatic heterocycles. The van der Waals surface area contributed by atoms with E-state index in [4.69, 9.17) is 0 Å². The van der Waals surface area contributed by atoms with Crippen LogP contribution in [0.3, 0.4) is 0 Å². The predicted molar refractivity (Wildman–Crippen MR) is 86.8 cm³/mol. The molecular formula is C17H16N4O3. The summed E-state index contributed by atoms with van der Waals surface area (Å²) in [4.78, 5) is 39.9. The molecule has 3 rings (SSSR count). The van der Waals surface area contributed by atoms with Crippen molar-refractivity contribution >= 4 is 23.8 Å². The molecule has 0 radical (unpaired) electrons. The maximum Gasteiger partial charge on any atom is 0.261 e. The maximum atomic E-state index is 13.0. The van der Waals surface area contributed by atoms with Gasteiger partial charge in [-0.15, -0.1) is 0 Å². The van der Waals surface area contributed by atoms with Gasteiger partial charge in [0.2, 0.25) is 0 Å². The van der Waals surface area contributed by atoms with Crippen molar-refractivity contribution in [2.75, 3.05) is 18.5 Å². The number of carbonyl (C=O) groups is 3. The highest BCUT2D eigenvalue weighted by molar-refractivity contribution is 6.15. The van der Waals surface area contributed by atoms with Crippen LogP contribution in [0.5, 0.6) is 0 Å². The Kier molecular flexibility index (Phi) is 4.07. The molecule has 0 N–H and O–H groups in total. The maximum absolute atomic E-state index is 13.0. The van der Waals surface area contributed by atoms with Gasteiger partial charge in [0.25, 0.3) is 11.8 Å². The lowest BCUT2D eigenvalue weighted by Gasteiger charge is -2.34. The summed E-state index contributed by atoms with van der Waals surface area (Å²) in [7, 11) is 1.59. The number of hydrogen-bond donors (Lipinski definition) is 0. The Balaban J connectivity index is 2.17. The van der Waals surface area contributed by atoms with Gasteiger partial charge in [-0.05, 0) is 19.1 Å². The minimum Gasteiger partial charge on any atom is -0.339 e. The van der Waals surface area contributed by atoms with Crippen molar-refractivity contribution < 1.29 is 14.4 Å². The van der Waals surface area contributed by atoms with Crippen LogP contribution in [0.25, 0.3) is 0 Å². The number of aryl methyl sites for hydroxylation is 1. The number of likely N-dealkylation sites (N-methyl/N-ethyl adjacent to an activating group) is 1. The van der Waals surface area contributed by atoms with Gasteiger partial charge in [0.05, 0.1) is 23.5 Å². The molecule has 0 fully saturated rings. The molecule has 24 heavy (non-hydrogen) atoms. The average Bonchev–Trinajstić information content (AvgIpc) is 2.60. The molecule has 1 aliphatic rings. The average molecular weight is 324 g/mol. The van der Waals surface area contributed by atoms with Crippen LogP contribution in [0.2, 0.25) is 0 Å². The molecule has 0 saturated carbocycles. The first-order chi connectivity index (χ1) is 11.5. The number of fused-ring (bicyclic) bond motifs is 1. The molecule has 0 saturated heterocycles. The van der Waals surface area contributed by atoms with Crippen LogP contribution in [0, 0.1) is 6.92 Å². The third-order valence-electron chi connectivity index (χ3n) is 4.02. The standard InChI is InChI=1S/C17H16N4O3/c1-11-3-5-12(6-4-11)21-13(10-22)9-20(2)16(23)14-7-18-19-8-15(14)17(21)24/h3-8,10,13H,9H2,1-2H3. The normalized spacial score (nSPS) is 18.0. The number of hydrogen-bond acceptors (Lipinski definition) is 5. The van der Waals surface area contributed by atoms with Crippen molar-refractivity contribution in [2.45, 2.75) is 13.0 Å². The molecule has 1 aliphatic heterocycles. The second-order valence-corrected chi connectivity index (χ2v) is 5.72. The first kappa shape index (κ1) is 15.8. The minimum atomic E-state index is -0.782. The van der Waals surface area contributed by atoms with Gasteiger partial charge in [0, 0.05) is 19.3 Å². The van der Waals surface area contributed by atoms with E-state index in [-0.39, 0.29) is 23.6 Å². The molecule has 7 nitrogen and oxygen atoms in total. The number of rotatable bonds is 2. The van der Waals surface area contributed by atoms with Crippen LogP contribution in [0.4, 0.5) is 5.69 Å². The molecular weight excluding hydrogens is 308 g/mol. The number of benzene rings is 1. The smallest absolute Gasteiger partial charge is 0.261 e. The molecule has 1 unspecified atom stereocenters. The van der Waals surface area contributed by atoms with Crippen LogP contribution >= 0.6 is 0 Å². The zero-order valence-electron chi connectivity index (χ0n) is 13.3. The van der Waals surface area contributed by atoms with Gasteiger partial charge in [-0.1, -0.05) is 17.7 Å². The molecule has 122 valence electrons. The van der Waals surface area contributed by atoms with Gasteiger partial charge >= 0.3 is 0 Å². The number of amides is 2. The third kappa shape index (κ3) is 2.64. The molecule has 0 bridgehead atoms. The van der Waals surface area contributed by atoms with Crippen molar-refractivity contribution in [1.82, 2.24) is 15.1 Å². The van der Waals surface area contributed by atoms with Crippen molar-refractivity contribution in [1.29, 1.82) is 0 Å². The molecule has 1 aromatic carbocycles. The lowest BCUT2D eigenvalue weighted by atomic mass is 10.0. The number of aldehydes is 1. The highest BCUT2D eigenvalue weighted by Crippen LogP contribution is 2.24. The van der Waals surface area contributed by atoms with Crippen LogP contribution < -0.4 is 4.90 Å². The lowest BCUT2D eigenvalue weighted by molar-refractivity contribution is -0.109. The first-order valence-corrected chi connectivity index (χ1v) is 7.44. The summed E-state index contributed by atoms with van der Waals surface area (Å²) >= 11 is 0. The quantitative estimate of drug-likeness (QED) is 0.772. The van der Waals surface area contributed by atoms with E-state index in [9.17, 15) is 14.4 Å². The molecule has 1 atom stereocenters. The van der Waals surface area contributed by atoms with Gasteiger partial charge in [-0.25, -0.2) is 0 Å². The Bertz CT molecular complexity index is 804. The molecule has 2 amide bonds. The van der Waals surface area contributed by atoms with Crippen LogP contribution in [0.15, 0.2) is 36.7 Å². The van der Waals surface area contributed by atoms with E-state index in [1.165, 1.54) is 22.2 Å². The van der Waals surface area contributed by atoms with Crippen LogP contribution in [-0.4, -0.2) is 52.8 Å². The lowest BCUT2D eigenvalue weighted by Crippen LogP contribution is -2.51. The topological polar surface area (TPSA) is 83.5 Å². The summed E-state index contributed by atoms with van der Waals surface area (Å²) in [5.41, 5.74) is 1.95. The summed E-state index contributed by atoms with van der Waals surface area (Å²) in [6, 6.07) is 6.51. The molecule has 2 aromatic rings. The van der Waals surface area contributed by atoms with E-state index in [0.717, 1.165) is 5.56 Å². The monoisotopic (exact) mass is 324 g/mol. The fraction of sp³-hybridized carbons (Fsp3) is 0.235. The Labute approximate surface area is 138 Å².